The van der Waals surface area contributed by atoms with Gasteiger partial charge in [0.2, 0.25) is 5.95 Å². The van der Waals surface area contributed by atoms with Crippen molar-refractivity contribution in [1.29, 1.82) is 5.26 Å². The first-order valence-corrected chi connectivity index (χ1v) is 10.2. The highest BCUT2D eigenvalue weighted by molar-refractivity contribution is 5.82. The second kappa shape index (κ2) is 8.67. The van der Waals surface area contributed by atoms with Gasteiger partial charge in [0.15, 0.2) is 5.65 Å². The minimum Gasteiger partial charge on any atom is -0.489 e. The molecule has 1 atom stereocenters. The van der Waals surface area contributed by atoms with Gasteiger partial charge in [-0.05, 0) is 53.7 Å². The van der Waals surface area contributed by atoms with Gasteiger partial charge in [0, 0.05) is 17.3 Å². The second-order valence-corrected chi connectivity index (χ2v) is 7.54. The van der Waals surface area contributed by atoms with Crippen LogP contribution in [0.3, 0.4) is 0 Å². The number of nitrogens with zero attached hydrogens (tertiary/aromatic N) is 8. The van der Waals surface area contributed by atoms with Gasteiger partial charge in [-0.3, -0.25) is 0 Å². The molecule has 1 unspecified atom stereocenters. The fourth-order valence-electron chi connectivity index (χ4n) is 3.64. The zero-order valence-electron chi connectivity index (χ0n) is 17.8. The molecule has 5 aromatic rings. The van der Waals surface area contributed by atoms with Gasteiger partial charge in [-0.25, -0.2) is 18.6 Å². The molecule has 3 heterocycles. The standard InChI is InChI=1S/C23H16F2N8O/c1-14(12-32-13-27-30-31-32)34-18-4-2-3-15(9-18)20-7-8-33-23(28-20)21(22(25)29-33)19-10-17(24)6-5-16(19)11-26/h2-10,13-14H,12H2,1H3. The summed E-state index contributed by atoms with van der Waals surface area (Å²) in [5.74, 6) is -0.832. The maximum absolute atomic E-state index is 14.8. The molecule has 34 heavy (non-hydrogen) atoms. The molecule has 0 aliphatic carbocycles. The van der Waals surface area contributed by atoms with Crippen molar-refractivity contribution in [2.24, 2.45) is 0 Å². The quantitative estimate of drug-likeness (QED) is 0.382. The van der Waals surface area contributed by atoms with Gasteiger partial charge in [-0.1, -0.05) is 12.1 Å². The molecule has 9 nitrogen and oxygen atoms in total. The van der Waals surface area contributed by atoms with Crippen LogP contribution in [-0.2, 0) is 6.54 Å². The number of benzene rings is 2. The maximum Gasteiger partial charge on any atom is 0.243 e. The summed E-state index contributed by atoms with van der Waals surface area (Å²) >= 11 is 0. The normalized spacial score (nSPS) is 11.9. The number of fused-ring (bicyclic) bond motifs is 1. The van der Waals surface area contributed by atoms with Crippen molar-refractivity contribution in [1.82, 2.24) is 34.8 Å². The van der Waals surface area contributed by atoms with Crippen molar-refractivity contribution >= 4 is 5.65 Å². The van der Waals surface area contributed by atoms with E-state index in [0.29, 0.717) is 18.0 Å². The SMILES string of the molecule is CC(Cn1cnnn1)Oc1cccc(-c2ccn3nc(F)c(-c4cc(F)ccc4C#N)c3n2)c1. The maximum atomic E-state index is 14.8. The van der Waals surface area contributed by atoms with Crippen LogP contribution in [0.1, 0.15) is 12.5 Å². The molecule has 2 aromatic carbocycles. The Morgan fingerprint density at radius 1 is 1.15 bits per heavy atom. The van der Waals surface area contributed by atoms with E-state index in [2.05, 4.69) is 25.6 Å². The largest absolute Gasteiger partial charge is 0.489 e. The van der Waals surface area contributed by atoms with Gasteiger partial charge in [-0.15, -0.1) is 10.2 Å². The fourth-order valence-corrected chi connectivity index (χ4v) is 3.64. The smallest absolute Gasteiger partial charge is 0.243 e. The van der Waals surface area contributed by atoms with Crippen molar-refractivity contribution in [3.05, 3.63) is 78.4 Å². The molecule has 0 N–H and O–H groups in total. The molecular weight excluding hydrogens is 442 g/mol. The fraction of sp³-hybridized carbons (Fsp3) is 0.130. The van der Waals surface area contributed by atoms with E-state index in [1.807, 2.05) is 37.3 Å². The van der Waals surface area contributed by atoms with Crippen molar-refractivity contribution in [2.75, 3.05) is 0 Å². The Balaban J connectivity index is 1.51. The lowest BCUT2D eigenvalue weighted by atomic mass is 10.0. The molecule has 0 radical (unpaired) electrons. The highest BCUT2D eigenvalue weighted by atomic mass is 19.1. The van der Waals surface area contributed by atoms with E-state index < -0.39 is 11.8 Å². The Morgan fingerprint density at radius 2 is 2.03 bits per heavy atom. The molecule has 0 amide bonds. The zero-order valence-corrected chi connectivity index (χ0v) is 17.8. The van der Waals surface area contributed by atoms with Crippen LogP contribution < -0.4 is 4.74 Å². The van der Waals surface area contributed by atoms with Crippen molar-refractivity contribution in [2.45, 2.75) is 19.6 Å². The highest BCUT2D eigenvalue weighted by Crippen LogP contribution is 2.32. The summed E-state index contributed by atoms with van der Waals surface area (Å²) in [6.07, 6.45) is 2.86. The number of ether oxygens (including phenoxy) is 1. The molecule has 0 saturated heterocycles. The first-order chi connectivity index (χ1) is 16.5. The molecule has 0 bridgehead atoms. The number of tetrazole rings is 1. The van der Waals surface area contributed by atoms with Gasteiger partial charge in [0.1, 0.15) is 24.0 Å². The average Bonchev–Trinajstić information content (AvgIpc) is 3.45. The van der Waals surface area contributed by atoms with E-state index in [0.717, 1.165) is 17.7 Å². The molecule has 3 aromatic heterocycles. The topological polar surface area (TPSA) is 107 Å². The first-order valence-electron chi connectivity index (χ1n) is 10.2. The molecule has 0 fully saturated rings. The summed E-state index contributed by atoms with van der Waals surface area (Å²) < 4.78 is 37.5. The van der Waals surface area contributed by atoms with E-state index in [1.165, 1.54) is 16.9 Å². The Bertz CT molecular complexity index is 1520. The van der Waals surface area contributed by atoms with Gasteiger partial charge in [0.25, 0.3) is 0 Å². The molecule has 168 valence electrons. The van der Waals surface area contributed by atoms with Crippen LogP contribution in [0.25, 0.3) is 28.0 Å². The number of nitriles is 1. The highest BCUT2D eigenvalue weighted by Gasteiger charge is 2.20. The molecule has 0 spiro atoms. The third-order valence-corrected chi connectivity index (χ3v) is 5.12. The summed E-state index contributed by atoms with van der Waals surface area (Å²) in [5.41, 5.74) is 1.59. The predicted octanol–water partition coefficient (Wildman–Crippen LogP) is 3.67. The minimum atomic E-state index is -0.847. The van der Waals surface area contributed by atoms with Crippen molar-refractivity contribution in [3.8, 4) is 34.2 Å². The Hall–Kier alpha value is -4.72. The number of hydrogen-bond acceptors (Lipinski definition) is 7. The summed E-state index contributed by atoms with van der Waals surface area (Å²) in [6, 6.07) is 14.5. The number of halogens is 2. The number of aromatic nitrogens is 7. The van der Waals surface area contributed by atoms with Crippen LogP contribution in [0, 0.1) is 23.1 Å². The molecular formula is C23H16F2N8O. The van der Waals surface area contributed by atoms with Crippen LogP contribution in [-0.4, -0.2) is 40.9 Å². The third kappa shape index (κ3) is 4.04. The second-order valence-electron chi connectivity index (χ2n) is 7.54. The minimum absolute atomic E-state index is 0.0413. The molecule has 5 rings (SSSR count). The number of rotatable bonds is 6. The Labute approximate surface area is 191 Å². The molecule has 0 aliphatic heterocycles. The molecule has 11 heteroatoms. The first kappa shape index (κ1) is 21.1. The van der Waals surface area contributed by atoms with Crippen LogP contribution in [0.5, 0.6) is 5.75 Å². The predicted molar refractivity (Wildman–Crippen MR) is 116 cm³/mol. The molecule has 0 aliphatic rings. The van der Waals surface area contributed by atoms with Gasteiger partial charge in [0.05, 0.1) is 29.4 Å². The lowest BCUT2D eigenvalue weighted by molar-refractivity contribution is 0.193. The van der Waals surface area contributed by atoms with Crippen LogP contribution >= 0.6 is 0 Å². The van der Waals surface area contributed by atoms with Crippen LogP contribution in [0.4, 0.5) is 8.78 Å². The Kier molecular flexibility index (Phi) is 5.39. The summed E-state index contributed by atoms with van der Waals surface area (Å²) in [7, 11) is 0. The zero-order chi connectivity index (χ0) is 23.7. The van der Waals surface area contributed by atoms with Crippen molar-refractivity contribution in [3.63, 3.8) is 0 Å². The lowest BCUT2D eigenvalue weighted by Gasteiger charge is -2.15. The van der Waals surface area contributed by atoms with E-state index in [1.54, 1.807) is 16.9 Å². The van der Waals surface area contributed by atoms with E-state index in [4.69, 9.17) is 4.74 Å². The lowest BCUT2D eigenvalue weighted by Crippen LogP contribution is -2.20. The Morgan fingerprint density at radius 3 is 2.82 bits per heavy atom. The van der Waals surface area contributed by atoms with Crippen LogP contribution in [0.15, 0.2) is 61.1 Å². The average molecular weight is 458 g/mol. The van der Waals surface area contributed by atoms with Crippen LogP contribution in [0.2, 0.25) is 0 Å². The molecule has 0 saturated carbocycles. The van der Waals surface area contributed by atoms with Crippen molar-refractivity contribution < 1.29 is 13.5 Å². The van der Waals surface area contributed by atoms with E-state index in [9.17, 15) is 14.0 Å². The van der Waals surface area contributed by atoms with Gasteiger partial charge >= 0.3 is 0 Å². The monoisotopic (exact) mass is 458 g/mol. The third-order valence-electron chi connectivity index (χ3n) is 5.12. The number of hydrogen-bond donors (Lipinski definition) is 0. The van der Waals surface area contributed by atoms with Gasteiger partial charge < -0.3 is 4.74 Å². The summed E-state index contributed by atoms with van der Waals surface area (Å²) in [5, 5.41) is 24.3. The van der Waals surface area contributed by atoms with E-state index in [-0.39, 0.29) is 28.4 Å². The van der Waals surface area contributed by atoms with Gasteiger partial charge in [-0.2, -0.15) is 9.65 Å². The van der Waals surface area contributed by atoms with E-state index >= 15 is 0 Å². The summed E-state index contributed by atoms with van der Waals surface area (Å²) in [4.78, 5) is 4.57. The summed E-state index contributed by atoms with van der Waals surface area (Å²) in [6.45, 7) is 2.36.